The van der Waals surface area contributed by atoms with Gasteiger partial charge >= 0.3 is 0 Å². The fourth-order valence-corrected chi connectivity index (χ4v) is 3.12. The number of thiocarbonyl (C=S) groups is 1. The van der Waals surface area contributed by atoms with Crippen LogP contribution in [0.1, 0.15) is 44.7 Å². The second kappa shape index (κ2) is 11.0. The Bertz CT molecular complexity index is 863. The second-order valence-electron chi connectivity index (χ2n) is 7.97. The van der Waals surface area contributed by atoms with Gasteiger partial charge in [0, 0.05) is 11.1 Å². The summed E-state index contributed by atoms with van der Waals surface area (Å²) >= 11 is 5.29. The maximum atomic E-state index is 12.7. The highest BCUT2D eigenvalue weighted by atomic mass is 32.1. The molecular weight excluding hydrogens is 396 g/mol. The number of anilines is 1. The summed E-state index contributed by atoms with van der Waals surface area (Å²) in [5.41, 5.74) is 2.52. The molecule has 162 valence electrons. The van der Waals surface area contributed by atoms with E-state index in [9.17, 15) is 4.79 Å². The zero-order valence-corrected chi connectivity index (χ0v) is 19.3. The van der Waals surface area contributed by atoms with E-state index in [1.807, 2.05) is 65.0 Å². The quantitative estimate of drug-likeness (QED) is 0.414. The van der Waals surface area contributed by atoms with Crippen LogP contribution in [0.5, 0.6) is 11.5 Å². The van der Waals surface area contributed by atoms with Crippen LogP contribution in [0.15, 0.2) is 42.5 Å². The molecule has 1 amide bonds. The van der Waals surface area contributed by atoms with Gasteiger partial charge in [0.05, 0.1) is 13.2 Å². The van der Waals surface area contributed by atoms with Crippen molar-refractivity contribution in [1.82, 2.24) is 5.32 Å². The van der Waals surface area contributed by atoms with Crippen molar-refractivity contribution in [2.24, 2.45) is 5.41 Å². The molecule has 0 heterocycles. The van der Waals surface area contributed by atoms with E-state index < -0.39 is 5.41 Å². The van der Waals surface area contributed by atoms with Crippen molar-refractivity contribution in [3.8, 4) is 11.5 Å². The van der Waals surface area contributed by atoms with Crippen LogP contribution < -0.4 is 20.1 Å². The molecule has 0 aliphatic rings. The molecule has 0 fully saturated rings. The zero-order valence-electron chi connectivity index (χ0n) is 18.5. The summed E-state index contributed by atoms with van der Waals surface area (Å²) in [7, 11) is 0. The predicted molar refractivity (Wildman–Crippen MR) is 126 cm³/mol. The fourth-order valence-electron chi connectivity index (χ4n) is 2.91. The number of ether oxygens (including phenoxy) is 2. The zero-order chi connectivity index (χ0) is 22.1. The lowest BCUT2D eigenvalue weighted by Gasteiger charge is -2.24. The van der Waals surface area contributed by atoms with Gasteiger partial charge in [-0.25, -0.2) is 0 Å². The summed E-state index contributed by atoms with van der Waals surface area (Å²) < 4.78 is 11.3. The van der Waals surface area contributed by atoms with Crippen molar-refractivity contribution in [2.75, 3.05) is 18.5 Å². The molecule has 0 bridgehead atoms. The van der Waals surface area contributed by atoms with E-state index in [1.165, 1.54) is 5.56 Å². The minimum Gasteiger partial charge on any atom is -0.494 e. The molecule has 0 atom stereocenters. The third kappa shape index (κ3) is 7.34. The molecular formula is C24H32N2O3S. The van der Waals surface area contributed by atoms with Crippen LogP contribution in [0.4, 0.5) is 5.69 Å². The summed E-state index contributed by atoms with van der Waals surface area (Å²) in [6.07, 6.45) is 1.46. The highest BCUT2D eigenvalue weighted by Crippen LogP contribution is 2.24. The Balaban J connectivity index is 1.78. The lowest BCUT2D eigenvalue weighted by atomic mass is 9.87. The number of hydrogen-bond donors (Lipinski definition) is 2. The topological polar surface area (TPSA) is 59.6 Å². The standard InChI is InChI=1S/C24H32N2O3S/c1-6-28-20-12-10-19(11-13-20)25-23(30)26-22(27)24(4,5)14-7-15-29-21-16-17(2)8-9-18(21)3/h8-13,16H,6-7,14-15H2,1-5H3,(H2,25,26,27,30). The Morgan fingerprint density at radius 1 is 1.07 bits per heavy atom. The lowest BCUT2D eigenvalue weighted by Crippen LogP contribution is -2.42. The molecule has 0 spiro atoms. The summed E-state index contributed by atoms with van der Waals surface area (Å²) in [5, 5.41) is 6.11. The van der Waals surface area contributed by atoms with Gasteiger partial charge in [-0.05, 0) is 87.3 Å². The Morgan fingerprint density at radius 3 is 2.43 bits per heavy atom. The van der Waals surface area contributed by atoms with E-state index in [0.29, 0.717) is 19.6 Å². The maximum Gasteiger partial charge on any atom is 0.231 e. The number of hydrogen-bond acceptors (Lipinski definition) is 4. The van der Waals surface area contributed by atoms with Gasteiger partial charge in [-0.2, -0.15) is 0 Å². The first-order valence-corrected chi connectivity index (χ1v) is 10.7. The number of benzene rings is 2. The average Bonchev–Trinajstić information content (AvgIpc) is 2.69. The molecule has 0 saturated heterocycles. The third-order valence-corrected chi connectivity index (χ3v) is 5.02. The van der Waals surface area contributed by atoms with Crippen LogP contribution in [0.3, 0.4) is 0 Å². The molecule has 6 heteroatoms. The van der Waals surface area contributed by atoms with Crippen molar-refractivity contribution in [2.45, 2.75) is 47.5 Å². The highest BCUT2D eigenvalue weighted by molar-refractivity contribution is 7.80. The van der Waals surface area contributed by atoms with Crippen LogP contribution in [0.2, 0.25) is 0 Å². The SMILES string of the molecule is CCOc1ccc(NC(=S)NC(=O)C(C)(C)CCCOc2cc(C)ccc2C)cc1. The van der Waals surface area contributed by atoms with Gasteiger partial charge in [-0.3, -0.25) is 4.79 Å². The normalized spacial score (nSPS) is 11.0. The first-order chi connectivity index (χ1) is 14.2. The molecule has 30 heavy (non-hydrogen) atoms. The Kier molecular flexibility index (Phi) is 8.66. The molecule has 2 aromatic rings. The highest BCUT2D eigenvalue weighted by Gasteiger charge is 2.27. The molecule has 2 aromatic carbocycles. The van der Waals surface area contributed by atoms with E-state index in [2.05, 4.69) is 22.8 Å². The van der Waals surface area contributed by atoms with Gasteiger partial charge in [0.25, 0.3) is 0 Å². The number of rotatable bonds is 9. The fraction of sp³-hybridized carbons (Fsp3) is 0.417. The summed E-state index contributed by atoms with van der Waals surface area (Å²) in [6.45, 7) is 11.0. The number of amides is 1. The van der Waals surface area contributed by atoms with Crippen molar-refractivity contribution in [1.29, 1.82) is 0 Å². The monoisotopic (exact) mass is 428 g/mol. The molecule has 0 aliphatic heterocycles. The smallest absolute Gasteiger partial charge is 0.231 e. The summed E-state index contributed by atoms with van der Waals surface area (Å²) in [6, 6.07) is 13.6. The first kappa shape index (κ1) is 23.7. The third-order valence-electron chi connectivity index (χ3n) is 4.81. The molecule has 0 saturated carbocycles. The molecule has 2 rings (SSSR count). The molecule has 0 aliphatic carbocycles. The Labute approximate surface area is 185 Å². The van der Waals surface area contributed by atoms with Gasteiger partial charge in [-0.1, -0.05) is 26.0 Å². The van der Waals surface area contributed by atoms with Crippen molar-refractivity contribution >= 4 is 28.9 Å². The Hall–Kier alpha value is -2.60. The summed E-state index contributed by atoms with van der Waals surface area (Å²) in [5.74, 6) is 1.58. The number of carbonyl (C=O) groups is 1. The molecule has 2 N–H and O–H groups in total. The molecule has 0 unspecified atom stereocenters. The van der Waals surface area contributed by atoms with E-state index in [4.69, 9.17) is 21.7 Å². The van der Waals surface area contributed by atoms with Gasteiger partial charge in [-0.15, -0.1) is 0 Å². The van der Waals surface area contributed by atoms with Crippen LogP contribution in [-0.4, -0.2) is 24.2 Å². The lowest BCUT2D eigenvalue weighted by molar-refractivity contribution is -0.128. The van der Waals surface area contributed by atoms with Crippen LogP contribution in [0, 0.1) is 19.3 Å². The van der Waals surface area contributed by atoms with Crippen molar-refractivity contribution in [3.63, 3.8) is 0 Å². The van der Waals surface area contributed by atoms with E-state index in [1.54, 1.807) is 0 Å². The van der Waals surface area contributed by atoms with E-state index in [0.717, 1.165) is 29.2 Å². The van der Waals surface area contributed by atoms with Crippen LogP contribution in [-0.2, 0) is 4.79 Å². The van der Waals surface area contributed by atoms with Gasteiger partial charge < -0.3 is 20.1 Å². The maximum absolute atomic E-state index is 12.7. The largest absolute Gasteiger partial charge is 0.494 e. The summed E-state index contributed by atoms with van der Waals surface area (Å²) in [4.78, 5) is 12.7. The van der Waals surface area contributed by atoms with Gasteiger partial charge in [0.1, 0.15) is 11.5 Å². The van der Waals surface area contributed by atoms with Crippen LogP contribution in [0.25, 0.3) is 0 Å². The van der Waals surface area contributed by atoms with E-state index in [-0.39, 0.29) is 11.0 Å². The van der Waals surface area contributed by atoms with Crippen molar-refractivity contribution in [3.05, 3.63) is 53.6 Å². The molecule has 5 nitrogen and oxygen atoms in total. The van der Waals surface area contributed by atoms with Crippen LogP contribution >= 0.6 is 12.2 Å². The van der Waals surface area contributed by atoms with Crippen molar-refractivity contribution < 1.29 is 14.3 Å². The van der Waals surface area contributed by atoms with Gasteiger partial charge in [0.2, 0.25) is 5.91 Å². The average molecular weight is 429 g/mol. The minimum atomic E-state index is -0.560. The number of aryl methyl sites for hydroxylation is 2. The second-order valence-corrected chi connectivity index (χ2v) is 8.38. The predicted octanol–water partition coefficient (Wildman–Crippen LogP) is 5.40. The number of nitrogens with one attached hydrogen (secondary N) is 2. The Morgan fingerprint density at radius 2 is 1.77 bits per heavy atom. The number of carbonyl (C=O) groups excluding carboxylic acids is 1. The first-order valence-electron chi connectivity index (χ1n) is 10.3. The molecule has 0 aromatic heterocycles. The minimum absolute atomic E-state index is 0.113. The molecule has 0 radical (unpaired) electrons. The van der Waals surface area contributed by atoms with Gasteiger partial charge in [0.15, 0.2) is 5.11 Å². The van der Waals surface area contributed by atoms with E-state index >= 15 is 0 Å².